The summed E-state index contributed by atoms with van der Waals surface area (Å²) in [5.74, 6) is 1.22. The first-order chi connectivity index (χ1) is 12.7. The molecule has 0 radical (unpaired) electrons. The number of benzene rings is 2. The van der Waals surface area contributed by atoms with Crippen LogP contribution in [0, 0.1) is 0 Å². The van der Waals surface area contributed by atoms with Crippen molar-refractivity contribution in [3.05, 3.63) is 64.7 Å². The van der Waals surface area contributed by atoms with Crippen LogP contribution in [0.2, 0.25) is 0 Å². The fraction of sp³-hybridized carbons (Fsp3) is 0.105. The third-order valence-corrected chi connectivity index (χ3v) is 4.14. The van der Waals surface area contributed by atoms with Crippen LogP contribution < -0.4 is 15.0 Å². The first kappa shape index (κ1) is 15.9. The van der Waals surface area contributed by atoms with Crippen molar-refractivity contribution in [1.82, 2.24) is 14.6 Å². The molecular weight excluding hydrogens is 332 g/mol. The van der Waals surface area contributed by atoms with Crippen molar-refractivity contribution in [2.24, 2.45) is 5.10 Å². The van der Waals surface area contributed by atoms with Gasteiger partial charge in [-0.25, -0.2) is 4.98 Å². The number of fused-ring (bicyclic) bond motifs is 3. The standard InChI is InChI=1S/C19H16N4O3/c1-25-15-8-7-12(9-16(15)26-2)10-21-23-11-20-17-13-5-3-4-6-14(13)22-18(17)19(23)24/h3-11,22H,1-2H3/b21-10+. The second kappa shape index (κ2) is 6.36. The molecule has 26 heavy (non-hydrogen) atoms. The summed E-state index contributed by atoms with van der Waals surface area (Å²) in [7, 11) is 3.14. The Bertz CT molecular complexity index is 1190. The van der Waals surface area contributed by atoms with Crippen LogP contribution in [0.25, 0.3) is 21.9 Å². The Hall–Kier alpha value is -3.61. The van der Waals surface area contributed by atoms with Gasteiger partial charge in [0, 0.05) is 10.9 Å². The van der Waals surface area contributed by atoms with E-state index in [1.807, 2.05) is 30.3 Å². The maximum absolute atomic E-state index is 12.7. The second-order valence-corrected chi connectivity index (χ2v) is 5.65. The van der Waals surface area contributed by atoms with Gasteiger partial charge in [-0.1, -0.05) is 18.2 Å². The molecule has 7 heteroatoms. The number of methoxy groups -OCH3 is 2. The maximum Gasteiger partial charge on any atom is 0.298 e. The molecule has 4 aromatic rings. The van der Waals surface area contributed by atoms with Gasteiger partial charge in [0.05, 0.1) is 20.4 Å². The van der Waals surface area contributed by atoms with Gasteiger partial charge in [0.25, 0.3) is 5.56 Å². The molecule has 4 rings (SSSR count). The van der Waals surface area contributed by atoms with Crippen molar-refractivity contribution in [3.8, 4) is 11.5 Å². The predicted octanol–water partition coefficient (Wildman–Crippen LogP) is 2.78. The highest BCUT2D eigenvalue weighted by molar-refractivity contribution is 6.04. The number of hydrogen-bond donors (Lipinski definition) is 1. The Balaban J connectivity index is 1.75. The highest BCUT2D eigenvalue weighted by Gasteiger charge is 2.10. The minimum Gasteiger partial charge on any atom is -0.493 e. The number of nitrogens with zero attached hydrogens (tertiary/aromatic N) is 3. The van der Waals surface area contributed by atoms with Crippen molar-refractivity contribution in [3.63, 3.8) is 0 Å². The van der Waals surface area contributed by atoms with E-state index in [1.54, 1.807) is 32.6 Å². The first-order valence-corrected chi connectivity index (χ1v) is 7.95. The molecule has 0 saturated heterocycles. The van der Waals surface area contributed by atoms with Gasteiger partial charge in [-0.05, 0) is 29.8 Å². The summed E-state index contributed by atoms with van der Waals surface area (Å²) in [6.45, 7) is 0. The topological polar surface area (TPSA) is 81.5 Å². The van der Waals surface area contributed by atoms with Crippen molar-refractivity contribution in [2.45, 2.75) is 0 Å². The molecule has 0 atom stereocenters. The van der Waals surface area contributed by atoms with Gasteiger partial charge in [-0.15, -0.1) is 0 Å². The summed E-state index contributed by atoms with van der Waals surface area (Å²) in [4.78, 5) is 20.2. The van der Waals surface area contributed by atoms with Gasteiger partial charge < -0.3 is 14.5 Å². The van der Waals surface area contributed by atoms with Gasteiger partial charge in [-0.3, -0.25) is 4.79 Å². The largest absolute Gasteiger partial charge is 0.493 e. The van der Waals surface area contributed by atoms with E-state index in [2.05, 4.69) is 15.1 Å². The van der Waals surface area contributed by atoms with Crippen molar-refractivity contribution in [1.29, 1.82) is 0 Å². The van der Waals surface area contributed by atoms with Gasteiger partial charge >= 0.3 is 0 Å². The highest BCUT2D eigenvalue weighted by Crippen LogP contribution is 2.27. The summed E-state index contributed by atoms with van der Waals surface area (Å²) >= 11 is 0. The zero-order chi connectivity index (χ0) is 18.1. The molecule has 0 aliphatic carbocycles. The van der Waals surface area contributed by atoms with Crippen LogP contribution in [-0.4, -0.2) is 35.1 Å². The molecular formula is C19H16N4O3. The molecule has 2 aromatic carbocycles. The molecule has 0 amide bonds. The van der Waals surface area contributed by atoms with E-state index >= 15 is 0 Å². The Morgan fingerprint density at radius 3 is 2.73 bits per heavy atom. The van der Waals surface area contributed by atoms with E-state index in [0.717, 1.165) is 16.5 Å². The SMILES string of the molecule is COc1ccc(/C=N/n2cnc3c([nH]c4ccccc43)c2=O)cc1OC. The van der Waals surface area contributed by atoms with Crippen molar-refractivity contribution >= 4 is 28.2 Å². The lowest BCUT2D eigenvalue weighted by atomic mass is 10.2. The van der Waals surface area contributed by atoms with Crippen LogP contribution in [0.5, 0.6) is 11.5 Å². The quantitative estimate of drug-likeness (QED) is 0.575. The molecule has 2 heterocycles. The summed E-state index contributed by atoms with van der Waals surface area (Å²) in [5.41, 5.74) is 2.45. The average Bonchev–Trinajstić information content (AvgIpc) is 3.07. The Morgan fingerprint density at radius 1 is 1.12 bits per heavy atom. The van der Waals surface area contributed by atoms with Crippen LogP contribution in [0.1, 0.15) is 5.56 Å². The van der Waals surface area contributed by atoms with Gasteiger partial charge in [0.2, 0.25) is 0 Å². The first-order valence-electron chi connectivity index (χ1n) is 7.95. The molecule has 0 bridgehead atoms. The van der Waals surface area contributed by atoms with E-state index in [1.165, 1.54) is 11.0 Å². The Morgan fingerprint density at radius 2 is 1.92 bits per heavy atom. The predicted molar refractivity (Wildman–Crippen MR) is 100 cm³/mol. The number of aromatic nitrogens is 3. The fourth-order valence-corrected chi connectivity index (χ4v) is 2.84. The monoisotopic (exact) mass is 348 g/mol. The van der Waals surface area contributed by atoms with E-state index in [-0.39, 0.29) is 5.56 Å². The second-order valence-electron chi connectivity index (χ2n) is 5.65. The summed E-state index contributed by atoms with van der Waals surface area (Å²) in [6.07, 6.45) is 2.99. The van der Waals surface area contributed by atoms with E-state index in [9.17, 15) is 4.79 Å². The van der Waals surface area contributed by atoms with Crippen molar-refractivity contribution in [2.75, 3.05) is 14.2 Å². The van der Waals surface area contributed by atoms with Crippen molar-refractivity contribution < 1.29 is 9.47 Å². The Kier molecular flexibility index (Phi) is 3.89. The zero-order valence-corrected chi connectivity index (χ0v) is 14.3. The van der Waals surface area contributed by atoms with Crippen LogP contribution >= 0.6 is 0 Å². The van der Waals surface area contributed by atoms with E-state index in [0.29, 0.717) is 22.5 Å². The molecule has 0 unspecified atom stereocenters. The van der Waals surface area contributed by atoms with Gasteiger partial charge in [0.1, 0.15) is 17.4 Å². The fourth-order valence-electron chi connectivity index (χ4n) is 2.84. The maximum atomic E-state index is 12.7. The molecule has 0 aliphatic rings. The summed E-state index contributed by atoms with van der Waals surface area (Å²) < 4.78 is 11.7. The summed E-state index contributed by atoms with van der Waals surface area (Å²) in [6, 6.07) is 13.0. The minimum absolute atomic E-state index is 0.261. The molecule has 0 saturated carbocycles. The zero-order valence-electron chi connectivity index (χ0n) is 14.3. The van der Waals surface area contributed by atoms with Crippen LogP contribution in [0.3, 0.4) is 0 Å². The normalized spacial score (nSPS) is 11.5. The third-order valence-electron chi connectivity index (χ3n) is 4.14. The third kappa shape index (κ3) is 2.59. The number of ether oxygens (including phenoxy) is 2. The number of hydrogen-bond acceptors (Lipinski definition) is 5. The van der Waals surface area contributed by atoms with Gasteiger partial charge in [-0.2, -0.15) is 9.78 Å². The number of aromatic amines is 1. The molecule has 0 fully saturated rings. The summed E-state index contributed by atoms with van der Waals surface area (Å²) in [5, 5.41) is 5.14. The number of rotatable bonds is 4. The molecule has 130 valence electrons. The Labute approximate surface area is 148 Å². The smallest absolute Gasteiger partial charge is 0.298 e. The molecule has 0 spiro atoms. The highest BCUT2D eigenvalue weighted by atomic mass is 16.5. The van der Waals surface area contributed by atoms with Gasteiger partial charge in [0.15, 0.2) is 11.5 Å². The lowest BCUT2D eigenvalue weighted by Crippen LogP contribution is -2.17. The number of H-pyrrole nitrogens is 1. The lowest BCUT2D eigenvalue weighted by molar-refractivity contribution is 0.355. The average molecular weight is 348 g/mol. The van der Waals surface area contributed by atoms with E-state index in [4.69, 9.17) is 9.47 Å². The minimum atomic E-state index is -0.261. The number of nitrogens with one attached hydrogen (secondary N) is 1. The lowest BCUT2D eigenvalue weighted by Gasteiger charge is -2.07. The van der Waals surface area contributed by atoms with Crippen LogP contribution in [-0.2, 0) is 0 Å². The molecule has 7 nitrogen and oxygen atoms in total. The van der Waals surface area contributed by atoms with Crippen LogP contribution in [0.15, 0.2) is 58.7 Å². The molecule has 2 aromatic heterocycles. The molecule has 0 aliphatic heterocycles. The molecule has 1 N–H and O–H groups in total. The van der Waals surface area contributed by atoms with E-state index < -0.39 is 0 Å². The number of para-hydroxylation sites is 1. The van der Waals surface area contributed by atoms with Crippen LogP contribution in [0.4, 0.5) is 0 Å².